The van der Waals surface area contributed by atoms with Crippen LogP contribution in [-0.2, 0) is 9.84 Å². The molecule has 0 unspecified atom stereocenters. The molecule has 4 aromatic rings. The zero-order valence-electron chi connectivity index (χ0n) is 17.3. The van der Waals surface area contributed by atoms with Crippen molar-refractivity contribution in [3.8, 4) is 5.75 Å². The van der Waals surface area contributed by atoms with Crippen molar-refractivity contribution >= 4 is 48.7 Å². The fraction of sp³-hybridized carbons (Fsp3) is 0. The van der Waals surface area contributed by atoms with E-state index in [1.54, 1.807) is 24.3 Å². The number of ketones is 1. The lowest BCUT2D eigenvalue weighted by Crippen LogP contribution is -2.01. The van der Waals surface area contributed by atoms with Crippen molar-refractivity contribution in [2.45, 2.75) is 4.90 Å². The number of hydrogen-bond donors (Lipinski definition) is 1. The molecule has 4 nitrogen and oxygen atoms in total. The second-order valence-corrected chi connectivity index (χ2v) is 10.5. The molecule has 5 rings (SSSR count). The van der Waals surface area contributed by atoms with E-state index in [9.17, 15) is 18.3 Å². The van der Waals surface area contributed by atoms with Crippen LogP contribution in [0.3, 0.4) is 0 Å². The molecule has 3 aromatic carbocycles. The lowest BCUT2D eigenvalue weighted by Gasteiger charge is -2.02. The summed E-state index contributed by atoms with van der Waals surface area (Å²) >= 11 is 1.47. The number of aromatic hydroxyl groups is 1. The highest BCUT2D eigenvalue weighted by molar-refractivity contribution is 7.97. The van der Waals surface area contributed by atoms with E-state index in [4.69, 9.17) is 0 Å². The average Bonchev–Trinajstić information content (AvgIpc) is 3.26. The molecular weight excluding hydrogens is 452 g/mol. The number of rotatable bonds is 4. The van der Waals surface area contributed by atoms with Crippen LogP contribution >= 0.6 is 11.3 Å². The van der Waals surface area contributed by atoms with Crippen LogP contribution in [0.5, 0.6) is 5.75 Å². The van der Waals surface area contributed by atoms with Crippen molar-refractivity contribution in [1.82, 2.24) is 0 Å². The highest BCUT2D eigenvalue weighted by atomic mass is 32.2. The largest absolute Gasteiger partial charge is 0.506 e. The molecule has 0 aliphatic carbocycles. The van der Waals surface area contributed by atoms with E-state index >= 15 is 0 Å². The minimum absolute atomic E-state index is 0.0432. The number of benzene rings is 3. The lowest BCUT2D eigenvalue weighted by atomic mass is 10.0. The zero-order chi connectivity index (χ0) is 23.0. The fourth-order valence-corrected chi connectivity index (χ4v) is 6.35. The Bertz CT molecular complexity index is 1590. The molecule has 1 aliphatic rings. The Morgan fingerprint density at radius 3 is 2.33 bits per heavy atom. The molecule has 1 aliphatic heterocycles. The van der Waals surface area contributed by atoms with Gasteiger partial charge in [0, 0.05) is 15.6 Å². The summed E-state index contributed by atoms with van der Waals surface area (Å²) in [4.78, 5) is 13.3. The SMILES string of the molecule is O=C1C(=CC=C(C=Cc2sc3ccccc3c2O)c2ccccc2)S(=O)(=O)c2ccccc21. The molecule has 0 saturated heterocycles. The Labute approximate surface area is 195 Å². The smallest absolute Gasteiger partial charge is 0.211 e. The summed E-state index contributed by atoms with van der Waals surface area (Å²) in [7, 11) is -3.86. The van der Waals surface area contributed by atoms with Gasteiger partial charge in [0.15, 0.2) is 0 Å². The predicted octanol–water partition coefficient (Wildman–Crippen LogP) is 6.26. The first-order valence-corrected chi connectivity index (χ1v) is 12.5. The molecule has 33 heavy (non-hydrogen) atoms. The third-order valence-corrected chi connectivity index (χ3v) is 8.43. The molecule has 0 saturated carbocycles. The van der Waals surface area contributed by atoms with Crippen LogP contribution in [0.25, 0.3) is 21.7 Å². The first kappa shape index (κ1) is 21.1. The minimum Gasteiger partial charge on any atom is -0.506 e. The van der Waals surface area contributed by atoms with Gasteiger partial charge in [0.1, 0.15) is 10.7 Å². The van der Waals surface area contributed by atoms with Gasteiger partial charge in [-0.15, -0.1) is 11.3 Å². The van der Waals surface area contributed by atoms with Gasteiger partial charge < -0.3 is 5.11 Å². The number of Topliss-reactive ketones (excluding diaryl/α,β-unsaturated/α-hetero) is 1. The molecule has 0 amide bonds. The minimum atomic E-state index is -3.86. The van der Waals surface area contributed by atoms with E-state index in [2.05, 4.69) is 0 Å². The van der Waals surface area contributed by atoms with E-state index in [-0.39, 0.29) is 21.1 Å². The lowest BCUT2D eigenvalue weighted by molar-refractivity contribution is 0.104. The second-order valence-electron chi connectivity index (χ2n) is 7.49. The van der Waals surface area contributed by atoms with Crippen LogP contribution in [0, 0.1) is 0 Å². The van der Waals surface area contributed by atoms with Gasteiger partial charge in [-0.1, -0.05) is 66.7 Å². The number of carbonyl (C=O) groups excluding carboxylic acids is 1. The molecule has 0 bridgehead atoms. The number of hydrogen-bond acceptors (Lipinski definition) is 5. The van der Waals surface area contributed by atoms with Crippen molar-refractivity contribution < 1.29 is 18.3 Å². The predicted molar refractivity (Wildman–Crippen MR) is 133 cm³/mol. The van der Waals surface area contributed by atoms with Crippen LogP contribution in [0.15, 0.2) is 107 Å². The summed E-state index contributed by atoms with van der Waals surface area (Å²) in [5.74, 6) is -0.290. The Morgan fingerprint density at radius 2 is 1.58 bits per heavy atom. The van der Waals surface area contributed by atoms with E-state index < -0.39 is 15.6 Å². The number of fused-ring (bicyclic) bond motifs is 2. The van der Waals surface area contributed by atoms with Crippen LogP contribution in [0.2, 0.25) is 0 Å². The Kier molecular flexibility index (Phi) is 5.32. The molecule has 162 valence electrons. The molecule has 1 aromatic heterocycles. The van der Waals surface area contributed by atoms with Crippen molar-refractivity contribution in [1.29, 1.82) is 0 Å². The van der Waals surface area contributed by atoms with Gasteiger partial charge in [-0.3, -0.25) is 4.79 Å². The molecule has 0 radical (unpaired) electrons. The maximum atomic E-state index is 12.9. The first-order chi connectivity index (χ1) is 16.0. The molecular formula is C27H18O4S2. The summed E-state index contributed by atoms with van der Waals surface area (Å²) in [6, 6.07) is 23.3. The van der Waals surface area contributed by atoms with Gasteiger partial charge in [0.2, 0.25) is 15.6 Å². The topological polar surface area (TPSA) is 71.4 Å². The molecule has 0 atom stereocenters. The number of sulfone groups is 1. The van der Waals surface area contributed by atoms with Crippen molar-refractivity contribution in [3.05, 3.63) is 118 Å². The normalized spacial score (nSPS) is 16.7. The Hall–Kier alpha value is -3.74. The summed E-state index contributed by atoms with van der Waals surface area (Å²) < 4.78 is 26.8. The molecule has 0 spiro atoms. The third kappa shape index (κ3) is 3.73. The molecule has 0 fully saturated rings. The summed E-state index contributed by atoms with van der Waals surface area (Å²) in [5.41, 5.74) is 1.76. The van der Waals surface area contributed by atoms with Crippen molar-refractivity contribution in [3.63, 3.8) is 0 Å². The van der Waals surface area contributed by atoms with Crippen LogP contribution in [0.1, 0.15) is 20.8 Å². The molecule has 2 heterocycles. The van der Waals surface area contributed by atoms with Gasteiger partial charge in [-0.2, -0.15) is 0 Å². The highest BCUT2D eigenvalue weighted by Crippen LogP contribution is 2.38. The average molecular weight is 471 g/mol. The van der Waals surface area contributed by atoms with Crippen molar-refractivity contribution in [2.24, 2.45) is 0 Å². The van der Waals surface area contributed by atoms with Gasteiger partial charge in [0.25, 0.3) is 0 Å². The number of carbonyl (C=O) groups is 1. The Balaban J connectivity index is 1.59. The second kappa shape index (κ2) is 8.31. The summed E-state index contributed by atoms with van der Waals surface area (Å²) in [5, 5.41) is 11.4. The maximum Gasteiger partial charge on any atom is 0.211 e. The summed E-state index contributed by atoms with van der Waals surface area (Å²) in [6.07, 6.45) is 6.62. The van der Waals surface area contributed by atoms with Gasteiger partial charge in [-0.25, -0.2) is 8.42 Å². The van der Waals surface area contributed by atoms with Crippen molar-refractivity contribution in [2.75, 3.05) is 0 Å². The number of allylic oxidation sites excluding steroid dienone is 5. The van der Waals surface area contributed by atoms with Gasteiger partial charge in [0.05, 0.1) is 9.77 Å². The van der Waals surface area contributed by atoms with E-state index in [1.807, 2.05) is 60.7 Å². The zero-order valence-corrected chi connectivity index (χ0v) is 18.9. The standard InChI is InChI=1S/C27H18O4S2/c28-26-20-10-4-6-12-22(20)32-23(26)16-14-19(18-8-2-1-3-9-18)15-17-25-27(29)21-11-5-7-13-24(21)33(25,30)31/h1-17,28H. The first-order valence-electron chi connectivity index (χ1n) is 10.2. The molecule has 1 N–H and O–H groups in total. The molecule has 6 heteroatoms. The maximum absolute atomic E-state index is 12.9. The van der Waals surface area contributed by atoms with Gasteiger partial charge >= 0.3 is 0 Å². The van der Waals surface area contributed by atoms with Gasteiger partial charge in [-0.05, 0) is 47.6 Å². The van der Waals surface area contributed by atoms with E-state index in [1.165, 1.54) is 29.5 Å². The summed E-state index contributed by atoms with van der Waals surface area (Å²) in [6.45, 7) is 0. The van der Waals surface area contributed by atoms with Crippen LogP contribution in [-0.4, -0.2) is 19.3 Å². The fourth-order valence-electron chi connectivity index (χ4n) is 3.80. The highest BCUT2D eigenvalue weighted by Gasteiger charge is 2.38. The Morgan fingerprint density at radius 1 is 0.879 bits per heavy atom. The number of thiophene rings is 1. The van der Waals surface area contributed by atoms with Crippen LogP contribution < -0.4 is 0 Å². The van der Waals surface area contributed by atoms with E-state index in [0.29, 0.717) is 10.5 Å². The monoisotopic (exact) mass is 470 g/mol. The third-order valence-electron chi connectivity index (χ3n) is 5.47. The quantitative estimate of drug-likeness (QED) is 0.282. The van der Waals surface area contributed by atoms with E-state index in [0.717, 1.165) is 15.6 Å². The van der Waals surface area contributed by atoms with Crippen LogP contribution in [0.4, 0.5) is 0 Å².